The Morgan fingerprint density at radius 1 is 1.29 bits per heavy atom. The number of nitrogens with one attached hydrogen (secondary N) is 1. The van der Waals surface area contributed by atoms with Crippen LogP contribution in [-0.2, 0) is 0 Å². The summed E-state index contributed by atoms with van der Waals surface area (Å²) in [6.45, 7) is 4.82. The summed E-state index contributed by atoms with van der Waals surface area (Å²) in [4.78, 5) is 12.1. The predicted octanol–water partition coefficient (Wildman–Crippen LogP) is 2.61. The van der Waals surface area contributed by atoms with Gasteiger partial charge in [-0.25, -0.2) is 0 Å². The fraction of sp³-hybridized carbons (Fsp3) is 0.588. The van der Waals surface area contributed by atoms with Gasteiger partial charge in [0, 0.05) is 18.7 Å². The summed E-state index contributed by atoms with van der Waals surface area (Å²) in [7, 11) is 0. The van der Waals surface area contributed by atoms with E-state index < -0.39 is 0 Å². The number of benzene rings is 1. The van der Waals surface area contributed by atoms with E-state index in [0.29, 0.717) is 23.9 Å². The van der Waals surface area contributed by atoms with Crippen molar-refractivity contribution in [3.8, 4) is 5.75 Å². The molecule has 2 rings (SSSR count). The molecule has 0 saturated heterocycles. The van der Waals surface area contributed by atoms with Crippen molar-refractivity contribution >= 4 is 5.91 Å². The second-order valence-electron chi connectivity index (χ2n) is 6.03. The van der Waals surface area contributed by atoms with Crippen molar-refractivity contribution in [2.24, 2.45) is 11.8 Å². The van der Waals surface area contributed by atoms with E-state index >= 15 is 0 Å². The summed E-state index contributed by atoms with van der Waals surface area (Å²) >= 11 is 0. The quantitative estimate of drug-likeness (QED) is 0.847. The van der Waals surface area contributed by atoms with Gasteiger partial charge in [-0.2, -0.15) is 0 Å². The Kier molecular flexibility index (Phi) is 5.62. The molecule has 1 fully saturated rings. The highest BCUT2D eigenvalue weighted by atomic mass is 16.5. The number of ether oxygens (including phenoxy) is 1. The minimum absolute atomic E-state index is 0.0605. The number of aliphatic hydroxyl groups is 1. The van der Waals surface area contributed by atoms with E-state index in [0.717, 1.165) is 25.0 Å². The first-order valence-electron chi connectivity index (χ1n) is 7.76. The molecule has 1 saturated carbocycles. The van der Waals surface area contributed by atoms with Gasteiger partial charge in [-0.1, -0.05) is 6.42 Å². The summed E-state index contributed by atoms with van der Waals surface area (Å²) in [5.41, 5.74) is 0.643. The van der Waals surface area contributed by atoms with Crippen LogP contribution in [0.3, 0.4) is 0 Å². The normalized spacial score (nSPS) is 21.5. The lowest BCUT2D eigenvalue weighted by Crippen LogP contribution is -2.31. The molecular formula is C17H25NO3. The summed E-state index contributed by atoms with van der Waals surface area (Å²) in [6.07, 6.45) is 3.43. The minimum Gasteiger partial charge on any atom is -0.491 e. The Hall–Kier alpha value is -1.55. The zero-order valence-corrected chi connectivity index (χ0v) is 12.8. The molecule has 1 aromatic rings. The maximum atomic E-state index is 12.1. The summed E-state index contributed by atoms with van der Waals surface area (Å²) in [5.74, 6) is 1.46. The zero-order valence-electron chi connectivity index (χ0n) is 12.8. The smallest absolute Gasteiger partial charge is 0.251 e. The molecule has 0 spiro atoms. The molecule has 0 aromatic heterocycles. The van der Waals surface area contributed by atoms with E-state index in [-0.39, 0.29) is 18.6 Å². The Morgan fingerprint density at radius 3 is 2.57 bits per heavy atom. The van der Waals surface area contributed by atoms with Gasteiger partial charge in [-0.15, -0.1) is 0 Å². The highest BCUT2D eigenvalue weighted by Gasteiger charge is 2.26. The Morgan fingerprint density at radius 2 is 1.95 bits per heavy atom. The minimum atomic E-state index is -0.0605. The number of rotatable bonds is 6. The highest BCUT2D eigenvalue weighted by Crippen LogP contribution is 2.30. The standard InChI is InChI=1S/C17H25NO3/c1-12(2)21-16-8-6-13(7-9-16)17(20)18-10-14-4-3-5-15(14)11-19/h6-9,12,14-15,19H,3-5,10-11H2,1-2H3,(H,18,20). The summed E-state index contributed by atoms with van der Waals surface area (Å²) in [6, 6.07) is 7.21. The second kappa shape index (κ2) is 7.46. The monoisotopic (exact) mass is 291 g/mol. The molecule has 0 heterocycles. The maximum absolute atomic E-state index is 12.1. The van der Waals surface area contributed by atoms with Crippen molar-refractivity contribution in [2.45, 2.75) is 39.2 Å². The number of hydrogen-bond donors (Lipinski definition) is 2. The molecule has 1 aliphatic carbocycles. The van der Waals surface area contributed by atoms with E-state index in [1.54, 1.807) is 12.1 Å². The number of amides is 1. The van der Waals surface area contributed by atoms with Crippen LogP contribution in [-0.4, -0.2) is 30.3 Å². The van der Waals surface area contributed by atoms with Gasteiger partial charge in [0.25, 0.3) is 5.91 Å². The molecule has 1 amide bonds. The van der Waals surface area contributed by atoms with Crippen LogP contribution in [0.2, 0.25) is 0 Å². The molecule has 116 valence electrons. The van der Waals surface area contributed by atoms with E-state index in [1.165, 1.54) is 0 Å². The first-order chi connectivity index (χ1) is 10.1. The van der Waals surface area contributed by atoms with Crippen LogP contribution in [0.5, 0.6) is 5.75 Å². The lowest BCUT2D eigenvalue weighted by Gasteiger charge is -2.17. The van der Waals surface area contributed by atoms with Crippen LogP contribution in [0.15, 0.2) is 24.3 Å². The van der Waals surface area contributed by atoms with Gasteiger partial charge in [-0.3, -0.25) is 4.79 Å². The van der Waals surface area contributed by atoms with Crippen LogP contribution in [0.25, 0.3) is 0 Å². The molecular weight excluding hydrogens is 266 g/mol. The first-order valence-corrected chi connectivity index (χ1v) is 7.76. The van der Waals surface area contributed by atoms with Crippen LogP contribution < -0.4 is 10.1 Å². The van der Waals surface area contributed by atoms with Gasteiger partial charge < -0.3 is 15.2 Å². The van der Waals surface area contributed by atoms with E-state index in [9.17, 15) is 9.90 Å². The largest absolute Gasteiger partial charge is 0.491 e. The van der Waals surface area contributed by atoms with Gasteiger partial charge in [0.2, 0.25) is 0 Å². The number of carbonyl (C=O) groups excluding carboxylic acids is 1. The van der Waals surface area contributed by atoms with Gasteiger partial charge in [0.1, 0.15) is 5.75 Å². The second-order valence-corrected chi connectivity index (χ2v) is 6.03. The number of carbonyl (C=O) groups is 1. The Bertz CT molecular complexity index is 456. The van der Waals surface area contributed by atoms with Crippen molar-refractivity contribution in [3.63, 3.8) is 0 Å². The average molecular weight is 291 g/mol. The maximum Gasteiger partial charge on any atom is 0.251 e. The van der Waals surface area contributed by atoms with E-state index in [1.807, 2.05) is 26.0 Å². The lowest BCUT2D eigenvalue weighted by molar-refractivity contribution is 0.0937. The number of aliphatic hydroxyl groups excluding tert-OH is 1. The SMILES string of the molecule is CC(C)Oc1ccc(C(=O)NCC2CCCC2CO)cc1. The number of hydrogen-bond acceptors (Lipinski definition) is 3. The fourth-order valence-corrected chi connectivity index (χ4v) is 2.91. The van der Waals surface area contributed by atoms with Crippen LogP contribution in [0.1, 0.15) is 43.5 Å². The molecule has 2 unspecified atom stereocenters. The van der Waals surface area contributed by atoms with Gasteiger partial charge >= 0.3 is 0 Å². The first kappa shape index (κ1) is 15.8. The van der Waals surface area contributed by atoms with Gasteiger partial charge in [0.05, 0.1) is 6.10 Å². The van der Waals surface area contributed by atoms with Crippen molar-refractivity contribution < 1.29 is 14.6 Å². The molecule has 4 heteroatoms. The summed E-state index contributed by atoms with van der Waals surface area (Å²) in [5, 5.41) is 12.3. The molecule has 0 radical (unpaired) electrons. The topological polar surface area (TPSA) is 58.6 Å². The Labute approximate surface area is 126 Å². The van der Waals surface area contributed by atoms with Crippen molar-refractivity contribution in [1.82, 2.24) is 5.32 Å². The molecule has 2 N–H and O–H groups in total. The van der Waals surface area contributed by atoms with Crippen molar-refractivity contribution in [2.75, 3.05) is 13.2 Å². The molecule has 1 aromatic carbocycles. The van der Waals surface area contributed by atoms with Gasteiger partial charge in [0.15, 0.2) is 0 Å². The third-order valence-corrected chi connectivity index (χ3v) is 4.06. The molecule has 1 aliphatic rings. The van der Waals surface area contributed by atoms with Crippen LogP contribution >= 0.6 is 0 Å². The van der Waals surface area contributed by atoms with Crippen LogP contribution in [0.4, 0.5) is 0 Å². The van der Waals surface area contributed by atoms with Crippen molar-refractivity contribution in [3.05, 3.63) is 29.8 Å². The molecule has 2 atom stereocenters. The van der Waals surface area contributed by atoms with Crippen molar-refractivity contribution in [1.29, 1.82) is 0 Å². The van der Waals surface area contributed by atoms with E-state index in [2.05, 4.69) is 5.32 Å². The Balaban J connectivity index is 1.85. The highest BCUT2D eigenvalue weighted by molar-refractivity contribution is 5.94. The summed E-state index contributed by atoms with van der Waals surface area (Å²) < 4.78 is 5.56. The lowest BCUT2D eigenvalue weighted by atomic mass is 9.97. The molecule has 0 bridgehead atoms. The molecule has 0 aliphatic heterocycles. The zero-order chi connectivity index (χ0) is 15.2. The van der Waals surface area contributed by atoms with Gasteiger partial charge in [-0.05, 0) is 62.8 Å². The van der Waals surface area contributed by atoms with E-state index in [4.69, 9.17) is 4.74 Å². The predicted molar refractivity (Wildman–Crippen MR) is 82.5 cm³/mol. The van der Waals surface area contributed by atoms with Crippen LogP contribution in [0, 0.1) is 11.8 Å². The third-order valence-electron chi connectivity index (χ3n) is 4.06. The third kappa shape index (κ3) is 4.46. The molecule has 4 nitrogen and oxygen atoms in total. The average Bonchev–Trinajstić information content (AvgIpc) is 2.92. The fourth-order valence-electron chi connectivity index (χ4n) is 2.91. The molecule has 21 heavy (non-hydrogen) atoms.